The Morgan fingerprint density at radius 2 is 1.60 bits per heavy atom. The van der Waals surface area contributed by atoms with E-state index in [1.54, 1.807) is 19.2 Å². The van der Waals surface area contributed by atoms with Crippen LogP contribution in [-0.2, 0) is 21.8 Å². The minimum absolute atomic E-state index is 0.0440. The topological polar surface area (TPSA) is 107 Å². The summed E-state index contributed by atoms with van der Waals surface area (Å²) in [5, 5.41) is 4.57. The van der Waals surface area contributed by atoms with Gasteiger partial charge in [0.25, 0.3) is 5.91 Å². The lowest BCUT2D eigenvalue weighted by Gasteiger charge is -2.32. The van der Waals surface area contributed by atoms with Gasteiger partial charge in [0.1, 0.15) is 5.82 Å². The van der Waals surface area contributed by atoms with E-state index in [1.807, 2.05) is 9.47 Å². The molecule has 35 heavy (non-hydrogen) atoms. The van der Waals surface area contributed by atoms with Crippen LogP contribution in [0.25, 0.3) is 0 Å². The molecule has 3 aliphatic rings. The SMILES string of the molecule is Cn1nc(C2CCN(C(=O)c3ccc(S(=O)(=O)N4CCOCC4)cc3)CC2)n(C2CCCC2)c1=O. The van der Waals surface area contributed by atoms with Gasteiger partial charge in [-0.25, -0.2) is 17.9 Å². The Labute approximate surface area is 205 Å². The molecule has 0 unspecified atom stereocenters. The maximum atomic E-state index is 13.1. The number of hydrogen-bond donors (Lipinski definition) is 0. The van der Waals surface area contributed by atoms with Crippen molar-refractivity contribution in [3.05, 3.63) is 46.1 Å². The van der Waals surface area contributed by atoms with Crippen molar-refractivity contribution < 1.29 is 17.9 Å². The second-order valence-corrected chi connectivity index (χ2v) is 11.6. The predicted octanol–water partition coefficient (Wildman–Crippen LogP) is 1.74. The second-order valence-electron chi connectivity index (χ2n) is 9.68. The molecular formula is C24H33N5O5S. The lowest BCUT2D eigenvalue weighted by atomic mass is 9.95. The summed E-state index contributed by atoms with van der Waals surface area (Å²) in [5.41, 5.74) is 0.433. The number of nitrogens with zero attached hydrogens (tertiary/aromatic N) is 5. The molecule has 0 bridgehead atoms. The van der Waals surface area contributed by atoms with Gasteiger partial charge in [0, 0.05) is 50.7 Å². The largest absolute Gasteiger partial charge is 0.379 e. The number of carbonyl (C=O) groups excluding carboxylic acids is 1. The molecule has 1 aromatic carbocycles. The van der Waals surface area contributed by atoms with E-state index >= 15 is 0 Å². The zero-order valence-corrected chi connectivity index (χ0v) is 21.0. The molecule has 11 heteroatoms. The van der Waals surface area contributed by atoms with Crippen molar-refractivity contribution in [2.24, 2.45) is 7.05 Å². The highest BCUT2D eigenvalue weighted by atomic mass is 32.2. The van der Waals surface area contributed by atoms with E-state index in [0.717, 1.165) is 44.3 Å². The van der Waals surface area contributed by atoms with E-state index in [9.17, 15) is 18.0 Å². The summed E-state index contributed by atoms with van der Waals surface area (Å²) in [6.07, 6.45) is 5.83. The van der Waals surface area contributed by atoms with Crippen molar-refractivity contribution in [3.8, 4) is 0 Å². The Morgan fingerprint density at radius 3 is 2.23 bits per heavy atom. The molecule has 2 aliphatic heterocycles. The Balaban J connectivity index is 1.25. The van der Waals surface area contributed by atoms with E-state index in [-0.39, 0.29) is 28.5 Å². The maximum Gasteiger partial charge on any atom is 0.345 e. The second kappa shape index (κ2) is 9.87. The maximum absolute atomic E-state index is 13.1. The van der Waals surface area contributed by atoms with Crippen LogP contribution in [0, 0.1) is 0 Å². The number of likely N-dealkylation sites (tertiary alicyclic amines) is 1. The van der Waals surface area contributed by atoms with Gasteiger partial charge in [0.05, 0.1) is 18.1 Å². The van der Waals surface area contributed by atoms with Crippen LogP contribution >= 0.6 is 0 Å². The number of piperidine rings is 1. The average Bonchev–Trinajstić information content (AvgIpc) is 3.52. The Kier molecular flexibility index (Phi) is 6.82. The number of aromatic nitrogens is 3. The van der Waals surface area contributed by atoms with Crippen LogP contribution in [-0.4, -0.2) is 77.3 Å². The van der Waals surface area contributed by atoms with Gasteiger partial charge in [-0.15, -0.1) is 0 Å². The Hall–Kier alpha value is -2.50. The minimum Gasteiger partial charge on any atom is -0.379 e. The van der Waals surface area contributed by atoms with E-state index in [1.165, 1.54) is 21.1 Å². The fourth-order valence-corrected chi connectivity index (χ4v) is 6.92. The van der Waals surface area contributed by atoms with Gasteiger partial charge in [-0.1, -0.05) is 12.8 Å². The number of hydrogen-bond acceptors (Lipinski definition) is 6. The number of amides is 1. The molecule has 10 nitrogen and oxygen atoms in total. The number of ether oxygens (including phenoxy) is 1. The number of sulfonamides is 1. The molecular weight excluding hydrogens is 470 g/mol. The Bertz CT molecular complexity index is 1220. The lowest BCUT2D eigenvalue weighted by Crippen LogP contribution is -2.40. The first-order chi connectivity index (χ1) is 16.9. The first-order valence-electron chi connectivity index (χ1n) is 12.5. The smallest absolute Gasteiger partial charge is 0.345 e. The zero-order chi connectivity index (χ0) is 24.6. The first kappa shape index (κ1) is 24.2. The number of rotatable bonds is 5. The van der Waals surface area contributed by atoms with E-state index in [0.29, 0.717) is 45.0 Å². The normalized spacial score (nSPS) is 21.0. The highest BCUT2D eigenvalue weighted by molar-refractivity contribution is 7.89. The summed E-state index contributed by atoms with van der Waals surface area (Å²) < 4.78 is 35.7. The Morgan fingerprint density at radius 1 is 0.971 bits per heavy atom. The van der Waals surface area contributed by atoms with Gasteiger partial charge in [0.15, 0.2) is 0 Å². The quantitative estimate of drug-likeness (QED) is 0.615. The van der Waals surface area contributed by atoms with Crippen LogP contribution < -0.4 is 5.69 Å². The fraction of sp³-hybridized carbons (Fsp3) is 0.625. The number of benzene rings is 1. The van der Waals surface area contributed by atoms with Gasteiger partial charge in [-0.2, -0.15) is 9.40 Å². The molecule has 5 rings (SSSR count). The minimum atomic E-state index is -3.59. The van der Waals surface area contributed by atoms with Crippen molar-refractivity contribution in [1.29, 1.82) is 0 Å². The van der Waals surface area contributed by atoms with Gasteiger partial charge < -0.3 is 9.64 Å². The molecule has 1 saturated carbocycles. The van der Waals surface area contributed by atoms with Crippen LogP contribution in [0.1, 0.15) is 66.7 Å². The summed E-state index contributed by atoms with van der Waals surface area (Å²) in [6.45, 7) is 2.60. The van der Waals surface area contributed by atoms with Gasteiger partial charge in [-0.05, 0) is 49.9 Å². The standard InChI is InChI=1S/C24H33N5O5S/c1-26-24(31)29(20-4-2-3-5-20)22(25-26)18-10-12-27(13-11-18)23(30)19-6-8-21(9-7-19)35(32,33)28-14-16-34-17-15-28/h6-9,18,20H,2-5,10-17H2,1H3. The summed E-state index contributed by atoms with van der Waals surface area (Å²) in [4.78, 5) is 27.8. The lowest BCUT2D eigenvalue weighted by molar-refractivity contribution is 0.0709. The molecule has 2 saturated heterocycles. The number of morpholine rings is 1. The van der Waals surface area contributed by atoms with Crippen LogP contribution in [0.4, 0.5) is 0 Å². The van der Waals surface area contributed by atoms with Crippen LogP contribution in [0.5, 0.6) is 0 Å². The molecule has 0 radical (unpaired) electrons. The van der Waals surface area contributed by atoms with Crippen molar-refractivity contribution in [2.45, 2.75) is 55.4 Å². The van der Waals surface area contributed by atoms with Crippen molar-refractivity contribution in [3.63, 3.8) is 0 Å². The van der Waals surface area contributed by atoms with E-state index < -0.39 is 10.0 Å². The molecule has 0 N–H and O–H groups in total. The zero-order valence-electron chi connectivity index (χ0n) is 20.1. The van der Waals surface area contributed by atoms with Gasteiger partial charge in [0.2, 0.25) is 10.0 Å². The average molecular weight is 504 g/mol. The molecule has 0 atom stereocenters. The third-order valence-electron chi connectivity index (χ3n) is 7.53. The molecule has 3 fully saturated rings. The third kappa shape index (κ3) is 4.68. The molecule has 2 aromatic rings. The summed E-state index contributed by atoms with van der Waals surface area (Å²) in [5.74, 6) is 0.900. The summed E-state index contributed by atoms with van der Waals surface area (Å²) in [7, 11) is -1.88. The predicted molar refractivity (Wildman–Crippen MR) is 129 cm³/mol. The summed E-state index contributed by atoms with van der Waals surface area (Å²) >= 11 is 0. The molecule has 1 amide bonds. The molecule has 0 spiro atoms. The van der Waals surface area contributed by atoms with Crippen LogP contribution in [0.2, 0.25) is 0 Å². The first-order valence-corrected chi connectivity index (χ1v) is 13.9. The van der Waals surface area contributed by atoms with Crippen molar-refractivity contribution in [2.75, 3.05) is 39.4 Å². The molecule has 1 aliphatic carbocycles. The van der Waals surface area contributed by atoms with Crippen LogP contribution in [0.3, 0.4) is 0 Å². The molecule has 190 valence electrons. The van der Waals surface area contributed by atoms with E-state index in [2.05, 4.69) is 5.10 Å². The molecule has 3 heterocycles. The highest BCUT2D eigenvalue weighted by Crippen LogP contribution is 2.33. The van der Waals surface area contributed by atoms with Gasteiger partial charge >= 0.3 is 5.69 Å². The number of carbonyl (C=O) groups is 1. The molecule has 1 aromatic heterocycles. The van der Waals surface area contributed by atoms with Crippen molar-refractivity contribution in [1.82, 2.24) is 23.6 Å². The third-order valence-corrected chi connectivity index (χ3v) is 9.44. The van der Waals surface area contributed by atoms with Crippen molar-refractivity contribution >= 4 is 15.9 Å². The summed E-state index contributed by atoms with van der Waals surface area (Å²) in [6, 6.07) is 6.45. The van der Waals surface area contributed by atoms with Crippen LogP contribution in [0.15, 0.2) is 34.0 Å². The van der Waals surface area contributed by atoms with E-state index in [4.69, 9.17) is 4.74 Å². The fourth-order valence-electron chi connectivity index (χ4n) is 5.51. The van der Waals surface area contributed by atoms with Gasteiger partial charge in [-0.3, -0.25) is 9.36 Å². The number of aryl methyl sites for hydroxylation is 1. The highest BCUT2D eigenvalue weighted by Gasteiger charge is 2.32. The monoisotopic (exact) mass is 503 g/mol.